The minimum atomic E-state index is -0.613. The van der Waals surface area contributed by atoms with Gasteiger partial charge in [-0.15, -0.1) is 0 Å². The Balaban J connectivity index is 2.28. The van der Waals surface area contributed by atoms with Gasteiger partial charge in [0.15, 0.2) is 0 Å². The summed E-state index contributed by atoms with van der Waals surface area (Å²) in [5.41, 5.74) is 7.50. The third-order valence-electron chi connectivity index (χ3n) is 4.44. The number of nitrogens with two attached hydrogens (primary N) is 1. The van der Waals surface area contributed by atoms with E-state index in [1.54, 1.807) is 0 Å². The summed E-state index contributed by atoms with van der Waals surface area (Å²) in [4.78, 5) is 14.3. The van der Waals surface area contributed by atoms with Gasteiger partial charge in [0.1, 0.15) is 5.54 Å². The highest BCUT2D eigenvalue weighted by molar-refractivity contribution is 5.86. The monoisotopic (exact) mass is 275 g/mol. The van der Waals surface area contributed by atoms with E-state index in [1.807, 2.05) is 19.2 Å². The van der Waals surface area contributed by atoms with Crippen LogP contribution in [0.5, 0.6) is 0 Å². The van der Waals surface area contributed by atoms with Gasteiger partial charge in [-0.25, -0.2) is 0 Å². The van der Waals surface area contributed by atoms with Gasteiger partial charge in [0.05, 0.1) is 0 Å². The van der Waals surface area contributed by atoms with E-state index in [0.717, 1.165) is 19.4 Å². The molecule has 20 heavy (non-hydrogen) atoms. The fraction of sp³-hybridized carbons (Fsp3) is 0.562. The van der Waals surface area contributed by atoms with E-state index in [0.29, 0.717) is 12.5 Å². The summed E-state index contributed by atoms with van der Waals surface area (Å²) in [6.45, 7) is 5.69. The molecule has 2 rings (SSSR count). The molecule has 4 nitrogen and oxygen atoms in total. The number of benzene rings is 1. The van der Waals surface area contributed by atoms with Crippen LogP contribution in [0.4, 0.5) is 5.69 Å². The number of hydrogen-bond acceptors (Lipinski definition) is 3. The lowest BCUT2D eigenvalue weighted by Crippen LogP contribution is -2.62. The Hall–Kier alpha value is -1.55. The maximum absolute atomic E-state index is 12.0. The van der Waals surface area contributed by atoms with Crippen LogP contribution in [0.3, 0.4) is 0 Å². The topological polar surface area (TPSA) is 58.4 Å². The number of para-hydroxylation sites is 1. The molecule has 3 N–H and O–H groups in total. The van der Waals surface area contributed by atoms with Crippen molar-refractivity contribution in [3.05, 3.63) is 29.8 Å². The van der Waals surface area contributed by atoms with Crippen molar-refractivity contribution in [3.63, 3.8) is 0 Å². The molecular weight excluding hydrogens is 250 g/mol. The molecule has 1 saturated carbocycles. The summed E-state index contributed by atoms with van der Waals surface area (Å²) in [5, 5.41) is 3.21. The largest absolute Gasteiger partial charge is 0.369 e. The summed E-state index contributed by atoms with van der Waals surface area (Å²) in [6, 6.07) is 8.27. The highest BCUT2D eigenvalue weighted by Crippen LogP contribution is 2.40. The number of nitrogens with one attached hydrogen (secondary N) is 1. The second-order valence-electron chi connectivity index (χ2n) is 5.66. The van der Waals surface area contributed by atoms with E-state index in [2.05, 4.69) is 36.2 Å². The maximum atomic E-state index is 12.0. The molecule has 4 heteroatoms. The normalized spacial score (nSPS) is 17.6. The third-order valence-corrected chi connectivity index (χ3v) is 4.44. The van der Waals surface area contributed by atoms with Crippen molar-refractivity contribution in [2.24, 2.45) is 11.7 Å². The van der Waals surface area contributed by atoms with Crippen LogP contribution in [0.1, 0.15) is 25.3 Å². The van der Waals surface area contributed by atoms with Gasteiger partial charge in [-0.1, -0.05) is 18.2 Å². The highest BCUT2D eigenvalue weighted by Gasteiger charge is 2.49. The molecule has 1 aromatic rings. The second kappa shape index (κ2) is 5.83. The molecular formula is C16H25N3O. The molecule has 0 radical (unpaired) electrons. The van der Waals surface area contributed by atoms with Gasteiger partial charge >= 0.3 is 0 Å². The Morgan fingerprint density at radius 2 is 2.10 bits per heavy atom. The van der Waals surface area contributed by atoms with Crippen LogP contribution < -0.4 is 16.0 Å². The van der Waals surface area contributed by atoms with Gasteiger partial charge in [0, 0.05) is 18.8 Å². The van der Waals surface area contributed by atoms with Crippen LogP contribution >= 0.6 is 0 Å². The summed E-state index contributed by atoms with van der Waals surface area (Å²) in [6.07, 6.45) is 2.16. The number of aryl methyl sites for hydroxylation is 1. The van der Waals surface area contributed by atoms with Crippen molar-refractivity contribution in [3.8, 4) is 0 Å². The summed E-state index contributed by atoms with van der Waals surface area (Å²) in [7, 11) is 1.84. The Labute approximate surface area is 121 Å². The Bertz CT molecular complexity index is 484. The highest BCUT2D eigenvalue weighted by atomic mass is 16.1. The Morgan fingerprint density at radius 1 is 1.45 bits per heavy atom. The quantitative estimate of drug-likeness (QED) is 0.796. The number of nitrogens with zero attached hydrogens (tertiary/aromatic N) is 1. The first-order chi connectivity index (χ1) is 9.55. The van der Waals surface area contributed by atoms with Crippen molar-refractivity contribution < 1.29 is 4.79 Å². The van der Waals surface area contributed by atoms with Gasteiger partial charge in [-0.2, -0.15) is 0 Å². The molecule has 1 fully saturated rings. The average Bonchev–Trinajstić information content (AvgIpc) is 3.26. The van der Waals surface area contributed by atoms with Crippen molar-refractivity contribution in [1.82, 2.24) is 5.32 Å². The van der Waals surface area contributed by atoms with E-state index in [-0.39, 0.29) is 5.91 Å². The minimum Gasteiger partial charge on any atom is -0.369 e. The van der Waals surface area contributed by atoms with E-state index >= 15 is 0 Å². The molecule has 0 spiro atoms. The van der Waals surface area contributed by atoms with Gasteiger partial charge in [0.2, 0.25) is 5.91 Å². The lowest BCUT2D eigenvalue weighted by molar-refractivity contribution is -0.124. The SMILES string of the molecule is CCN(CC(NC)(C(N)=O)C1CC1)c1ccccc1C. The molecule has 0 saturated heterocycles. The van der Waals surface area contributed by atoms with Gasteiger partial charge in [-0.3, -0.25) is 4.79 Å². The average molecular weight is 275 g/mol. The molecule has 1 aliphatic carbocycles. The molecule has 1 aliphatic rings. The number of carbonyl (C=O) groups excluding carboxylic acids is 1. The third kappa shape index (κ3) is 2.66. The molecule has 110 valence electrons. The molecule has 1 atom stereocenters. The molecule has 0 heterocycles. The Morgan fingerprint density at radius 3 is 2.55 bits per heavy atom. The van der Waals surface area contributed by atoms with Crippen molar-refractivity contribution >= 4 is 11.6 Å². The zero-order valence-corrected chi connectivity index (χ0v) is 12.6. The first-order valence-electron chi connectivity index (χ1n) is 7.34. The van der Waals surface area contributed by atoms with Crippen molar-refractivity contribution in [2.45, 2.75) is 32.2 Å². The lowest BCUT2D eigenvalue weighted by atomic mass is 9.91. The van der Waals surface area contributed by atoms with Crippen LogP contribution in [0.15, 0.2) is 24.3 Å². The number of amides is 1. The summed E-state index contributed by atoms with van der Waals surface area (Å²) >= 11 is 0. The Kier molecular flexibility index (Phi) is 4.33. The standard InChI is InChI=1S/C16H25N3O/c1-4-19(14-8-6-5-7-12(14)2)11-16(18-3,15(17)20)13-9-10-13/h5-8,13,18H,4,9-11H2,1-3H3,(H2,17,20). The predicted molar refractivity (Wildman–Crippen MR) is 82.8 cm³/mol. The van der Waals surface area contributed by atoms with Gasteiger partial charge in [0.25, 0.3) is 0 Å². The van der Waals surface area contributed by atoms with Gasteiger partial charge in [-0.05, 0) is 51.3 Å². The number of primary amides is 1. The fourth-order valence-electron chi connectivity index (χ4n) is 2.98. The van der Waals surface area contributed by atoms with Crippen LogP contribution in [-0.2, 0) is 4.79 Å². The van der Waals surface area contributed by atoms with Crippen LogP contribution in [-0.4, -0.2) is 31.6 Å². The number of rotatable bonds is 7. The zero-order valence-electron chi connectivity index (χ0n) is 12.6. The first-order valence-corrected chi connectivity index (χ1v) is 7.34. The number of anilines is 1. The molecule has 0 bridgehead atoms. The molecule has 0 aromatic heterocycles. The van der Waals surface area contributed by atoms with Crippen LogP contribution in [0, 0.1) is 12.8 Å². The molecule has 0 aliphatic heterocycles. The van der Waals surface area contributed by atoms with E-state index in [1.165, 1.54) is 11.3 Å². The van der Waals surface area contributed by atoms with E-state index in [4.69, 9.17) is 5.73 Å². The van der Waals surface area contributed by atoms with Crippen LogP contribution in [0.25, 0.3) is 0 Å². The predicted octanol–water partition coefficient (Wildman–Crippen LogP) is 1.67. The maximum Gasteiger partial charge on any atom is 0.239 e. The summed E-state index contributed by atoms with van der Waals surface area (Å²) < 4.78 is 0. The van der Waals surface area contributed by atoms with Crippen molar-refractivity contribution in [2.75, 3.05) is 25.0 Å². The lowest BCUT2D eigenvalue weighted by Gasteiger charge is -2.37. The molecule has 1 aromatic carbocycles. The zero-order chi connectivity index (χ0) is 14.8. The van der Waals surface area contributed by atoms with E-state index in [9.17, 15) is 4.79 Å². The first kappa shape index (κ1) is 14.9. The number of likely N-dealkylation sites (N-methyl/N-ethyl adjacent to an activating group) is 2. The fourth-order valence-corrected chi connectivity index (χ4v) is 2.98. The minimum absolute atomic E-state index is 0.241. The molecule has 1 amide bonds. The number of hydrogen-bond donors (Lipinski definition) is 2. The van der Waals surface area contributed by atoms with Gasteiger partial charge < -0.3 is 16.0 Å². The summed E-state index contributed by atoms with van der Waals surface area (Å²) in [5.74, 6) is 0.123. The molecule has 1 unspecified atom stereocenters. The second-order valence-corrected chi connectivity index (χ2v) is 5.66. The van der Waals surface area contributed by atoms with Crippen LogP contribution in [0.2, 0.25) is 0 Å². The van der Waals surface area contributed by atoms with E-state index < -0.39 is 5.54 Å². The smallest absolute Gasteiger partial charge is 0.239 e. The van der Waals surface area contributed by atoms with Crippen molar-refractivity contribution in [1.29, 1.82) is 0 Å². The number of carbonyl (C=O) groups is 1.